The van der Waals surface area contributed by atoms with E-state index in [9.17, 15) is 39.3 Å². The fourth-order valence-corrected chi connectivity index (χ4v) is 3.90. The van der Waals surface area contributed by atoms with E-state index in [1.807, 2.05) is 0 Å². The molecule has 1 aromatic carbocycles. The molecule has 3 N–H and O–H groups in total. The fraction of sp³-hybridized carbons (Fsp3) is 0.560. The van der Waals surface area contributed by atoms with Crippen LogP contribution in [-0.4, -0.2) is 114 Å². The number of nitrogens with zero attached hydrogens (tertiary/aromatic N) is 1. The lowest BCUT2D eigenvalue weighted by Crippen LogP contribution is -2.63. The molecule has 40 heavy (non-hydrogen) atoms. The van der Waals surface area contributed by atoms with Crippen molar-refractivity contribution in [3.8, 4) is 11.5 Å². The Hall–Kier alpha value is -3.95. The Bertz CT molecular complexity index is 1070. The zero-order valence-electron chi connectivity index (χ0n) is 22.4. The summed E-state index contributed by atoms with van der Waals surface area (Å²) in [5, 5.41) is 29.0. The third-order valence-corrected chi connectivity index (χ3v) is 5.42. The highest BCUT2D eigenvalue weighted by molar-refractivity contribution is 5.95. The molecule has 1 aliphatic rings. The predicted molar refractivity (Wildman–Crippen MR) is 131 cm³/mol. The van der Waals surface area contributed by atoms with Gasteiger partial charge >= 0.3 is 23.9 Å². The number of aromatic hydroxyl groups is 1. The summed E-state index contributed by atoms with van der Waals surface area (Å²) in [6.45, 7) is 3.08. The summed E-state index contributed by atoms with van der Waals surface area (Å²) in [5.74, 6) is -4.51. The highest BCUT2D eigenvalue weighted by Crippen LogP contribution is 2.34. The summed E-state index contributed by atoms with van der Waals surface area (Å²) >= 11 is 0. The smallest absolute Gasteiger partial charge is 0.303 e. The zero-order valence-corrected chi connectivity index (χ0v) is 22.4. The first-order chi connectivity index (χ1) is 18.9. The van der Waals surface area contributed by atoms with Crippen LogP contribution in [0.5, 0.6) is 11.5 Å². The maximum absolute atomic E-state index is 12.7. The van der Waals surface area contributed by atoms with Crippen LogP contribution < -0.4 is 4.74 Å². The minimum absolute atomic E-state index is 0.00768. The number of rotatable bonds is 12. The lowest BCUT2D eigenvalue weighted by molar-refractivity contribution is -0.288. The van der Waals surface area contributed by atoms with Gasteiger partial charge in [0.05, 0.1) is 13.2 Å². The molecule has 0 spiro atoms. The van der Waals surface area contributed by atoms with Crippen LogP contribution in [0.15, 0.2) is 18.2 Å². The van der Waals surface area contributed by atoms with E-state index < -0.39 is 72.8 Å². The number of aliphatic hydroxyl groups is 2. The Kier molecular flexibility index (Phi) is 12.1. The largest absolute Gasteiger partial charge is 0.504 e. The van der Waals surface area contributed by atoms with Crippen molar-refractivity contribution in [1.29, 1.82) is 0 Å². The van der Waals surface area contributed by atoms with Crippen molar-refractivity contribution in [1.82, 2.24) is 4.90 Å². The van der Waals surface area contributed by atoms with Gasteiger partial charge in [0, 0.05) is 46.3 Å². The Morgan fingerprint density at radius 1 is 0.825 bits per heavy atom. The number of carbonyl (C=O) groups excluding carboxylic acids is 5. The molecule has 1 heterocycles. The first-order valence-electron chi connectivity index (χ1n) is 12.2. The molecule has 5 atom stereocenters. The molecular formula is C25H33NO14. The van der Waals surface area contributed by atoms with Gasteiger partial charge in [-0.1, -0.05) is 0 Å². The minimum atomic E-state index is -1.59. The molecule has 15 nitrogen and oxygen atoms in total. The monoisotopic (exact) mass is 571 g/mol. The molecule has 0 aromatic heterocycles. The standard InChI is InChI=1S/C25H33NO14/c1-13(29)35-12-20-21(36-14(2)30)22(37-15(3)31)23(38-16(4)32)25(40-20)39-19-6-5-17(11-18(19)33)24(34)26(7-9-27)8-10-28/h5-6,11,20-23,25,27-28,33H,7-10,12H2,1-4H3/t20-,21+,22+,23+,25-/m1/s1. The second kappa shape index (κ2) is 15.0. The highest BCUT2D eigenvalue weighted by atomic mass is 16.7. The maximum Gasteiger partial charge on any atom is 0.303 e. The van der Waals surface area contributed by atoms with Crippen LogP contribution in [0.1, 0.15) is 38.1 Å². The van der Waals surface area contributed by atoms with Gasteiger partial charge in [-0.15, -0.1) is 0 Å². The highest BCUT2D eigenvalue weighted by Gasteiger charge is 2.53. The third kappa shape index (κ3) is 9.07. The first-order valence-corrected chi connectivity index (χ1v) is 12.2. The van der Waals surface area contributed by atoms with E-state index in [4.69, 9.17) is 28.4 Å². The number of phenols is 1. The summed E-state index contributed by atoms with van der Waals surface area (Å²) in [5.41, 5.74) is 0.00768. The average molecular weight is 572 g/mol. The number of hydrogen-bond acceptors (Lipinski definition) is 14. The van der Waals surface area contributed by atoms with Gasteiger partial charge in [-0.25, -0.2) is 0 Å². The zero-order chi connectivity index (χ0) is 30.0. The number of benzene rings is 1. The van der Waals surface area contributed by atoms with Crippen molar-refractivity contribution in [3.63, 3.8) is 0 Å². The van der Waals surface area contributed by atoms with E-state index in [0.717, 1.165) is 33.8 Å². The number of aliphatic hydroxyl groups excluding tert-OH is 2. The molecule has 0 aliphatic carbocycles. The van der Waals surface area contributed by atoms with Gasteiger partial charge in [0.2, 0.25) is 12.4 Å². The Balaban J connectivity index is 2.45. The Morgan fingerprint density at radius 3 is 1.88 bits per heavy atom. The number of phenolic OH excluding ortho intramolecular Hbond substituents is 1. The second-order valence-corrected chi connectivity index (χ2v) is 8.61. The third-order valence-electron chi connectivity index (χ3n) is 5.42. The molecule has 0 bridgehead atoms. The molecule has 1 aliphatic heterocycles. The SMILES string of the molecule is CC(=O)OC[C@H]1O[C@@H](Oc2ccc(C(=O)N(CCO)CCO)cc2O)[C@@H](OC(C)=O)[C@@H](OC(C)=O)[C@H]1OC(C)=O. The normalized spacial score (nSPS) is 22.0. The molecule has 222 valence electrons. The number of carbonyl (C=O) groups is 5. The quantitative estimate of drug-likeness (QED) is 0.209. The van der Waals surface area contributed by atoms with Gasteiger partial charge in [-0.3, -0.25) is 24.0 Å². The fourth-order valence-electron chi connectivity index (χ4n) is 3.90. The van der Waals surface area contributed by atoms with Gasteiger partial charge in [0.1, 0.15) is 12.7 Å². The Morgan fingerprint density at radius 2 is 1.38 bits per heavy atom. The lowest BCUT2D eigenvalue weighted by atomic mass is 9.98. The van der Waals surface area contributed by atoms with E-state index in [1.165, 1.54) is 17.0 Å². The van der Waals surface area contributed by atoms with Crippen molar-refractivity contribution in [2.45, 2.75) is 58.4 Å². The molecule has 2 rings (SSSR count). The van der Waals surface area contributed by atoms with Crippen molar-refractivity contribution >= 4 is 29.8 Å². The Labute approximate surface area is 229 Å². The van der Waals surface area contributed by atoms with Gasteiger partial charge < -0.3 is 48.6 Å². The van der Waals surface area contributed by atoms with Crippen LogP contribution >= 0.6 is 0 Å². The molecule has 1 fully saturated rings. The van der Waals surface area contributed by atoms with Crippen LogP contribution in [0.3, 0.4) is 0 Å². The summed E-state index contributed by atoms with van der Waals surface area (Å²) in [4.78, 5) is 61.1. The summed E-state index contributed by atoms with van der Waals surface area (Å²) in [6, 6.07) is 3.59. The number of hydrogen-bond donors (Lipinski definition) is 3. The first kappa shape index (κ1) is 32.3. The van der Waals surface area contributed by atoms with Gasteiger partial charge in [-0.2, -0.15) is 0 Å². The van der Waals surface area contributed by atoms with Crippen molar-refractivity contribution in [3.05, 3.63) is 23.8 Å². The average Bonchev–Trinajstić information content (AvgIpc) is 2.86. The molecule has 0 unspecified atom stereocenters. The topological polar surface area (TPSA) is 205 Å². The van der Waals surface area contributed by atoms with Crippen molar-refractivity contribution in [2.24, 2.45) is 0 Å². The molecule has 1 saturated heterocycles. The molecule has 1 amide bonds. The van der Waals surface area contributed by atoms with Crippen molar-refractivity contribution < 1.29 is 67.7 Å². The number of amides is 1. The van der Waals surface area contributed by atoms with E-state index in [-0.39, 0.29) is 37.6 Å². The van der Waals surface area contributed by atoms with E-state index >= 15 is 0 Å². The van der Waals surface area contributed by atoms with Gasteiger partial charge in [-0.05, 0) is 18.2 Å². The molecule has 0 saturated carbocycles. The van der Waals surface area contributed by atoms with Crippen molar-refractivity contribution in [2.75, 3.05) is 32.9 Å². The molecular weight excluding hydrogens is 538 g/mol. The van der Waals surface area contributed by atoms with E-state index in [1.54, 1.807) is 0 Å². The molecule has 1 aromatic rings. The van der Waals surface area contributed by atoms with Crippen LogP contribution in [0.4, 0.5) is 0 Å². The van der Waals surface area contributed by atoms with Crippen LogP contribution in [0.25, 0.3) is 0 Å². The van der Waals surface area contributed by atoms with Crippen LogP contribution in [-0.2, 0) is 42.9 Å². The maximum atomic E-state index is 12.7. The lowest BCUT2D eigenvalue weighted by Gasteiger charge is -2.43. The molecule has 0 radical (unpaired) electrons. The van der Waals surface area contributed by atoms with Crippen LogP contribution in [0, 0.1) is 0 Å². The van der Waals surface area contributed by atoms with Crippen LogP contribution in [0.2, 0.25) is 0 Å². The summed E-state index contributed by atoms with van der Waals surface area (Å²) < 4.78 is 32.5. The van der Waals surface area contributed by atoms with Gasteiger partial charge in [0.25, 0.3) is 5.91 Å². The summed E-state index contributed by atoms with van der Waals surface area (Å²) in [7, 11) is 0. The van der Waals surface area contributed by atoms with E-state index in [0.29, 0.717) is 0 Å². The van der Waals surface area contributed by atoms with E-state index in [2.05, 4.69) is 0 Å². The molecule has 15 heteroatoms. The predicted octanol–water partition coefficient (Wildman–Crippen LogP) is -0.719. The van der Waals surface area contributed by atoms with Gasteiger partial charge in [0.15, 0.2) is 23.7 Å². The number of ether oxygens (including phenoxy) is 6. The summed E-state index contributed by atoms with van der Waals surface area (Å²) in [6.07, 6.45) is -7.24. The minimum Gasteiger partial charge on any atom is -0.504 e. The second-order valence-electron chi connectivity index (χ2n) is 8.61. The number of esters is 4.